The summed E-state index contributed by atoms with van der Waals surface area (Å²) in [5.41, 5.74) is 1.14. The van der Waals surface area contributed by atoms with Crippen molar-refractivity contribution in [2.24, 2.45) is 11.8 Å². The van der Waals surface area contributed by atoms with Crippen LogP contribution in [-0.4, -0.2) is 69.0 Å². The summed E-state index contributed by atoms with van der Waals surface area (Å²) in [6.45, 7) is 4.79. The summed E-state index contributed by atoms with van der Waals surface area (Å²) in [6.07, 6.45) is 5.15. The molecule has 5 heterocycles. The van der Waals surface area contributed by atoms with Crippen molar-refractivity contribution in [3.8, 4) is 0 Å². The molecule has 5 rings (SSSR count). The summed E-state index contributed by atoms with van der Waals surface area (Å²) in [5.74, 6) is 1.36. The molecule has 158 valence electrons. The monoisotopic (exact) mass is 434 g/mol. The summed E-state index contributed by atoms with van der Waals surface area (Å²) in [4.78, 5) is 9.33. The third-order valence-electron chi connectivity index (χ3n) is 6.30. The Bertz CT molecular complexity index is 873. The molecule has 0 aromatic carbocycles. The van der Waals surface area contributed by atoms with Crippen LogP contribution in [0, 0.1) is 11.8 Å². The Balaban J connectivity index is 1.25. The molecule has 0 radical (unpaired) electrons. The smallest absolute Gasteiger partial charge is 0.250 e. The van der Waals surface area contributed by atoms with E-state index in [1.807, 2.05) is 18.3 Å². The number of rotatable bonds is 9. The topological polar surface area (TPSA) is 65.5 Å². The van der Waals surface area contributed by atoms with Gasteiger partial charge in [0.15, 0.2) is 0 Å². The van der Waals surface area contributed by atoms with Crippen LogP contribution < -0.4 is 4.72 Å². The maximum atomic E-state index is 12.4. The fourth-order valence-electron chi connectivity index (χ4n) is 4.71. The van der Waals surface area contributed by atoms with Gasteiger partial charge in [0.1, 0.15) is 4.21 Å². The normalized spacial score (nSPS) is 26.8. The lowest BCUT2D eigenvalue weighted by molar-refractivity contribution is -0.00735. The molecular formula is C21H30N4O2S2. The summed E-state index contributed by atoms with van der Waals surface area (Å²) in [6, 6.07) is 9.85. The van der Waals surface area contributed by atoms with Gasteiger partial charge in [-0.15, -0.1) is 11.3 Å². The first-order valence-electron chi connectivity index (χ1n) is 10.4. The zero-order chi connectivity index (χ0) is 20.3. The number of nitrogens with zero attached hydrogens (tertiary/aromatic N) is 3. The van der Waals surface area contributed by atoms with Gasteiger partial charge in [-0.3, -0.25) is 9.88 Å². The number of hydrogen-bond acceptors (Lipinski definition) is 6. The van der Waals surface area contributed by atoms with E-state index in [4.69, 9.17) is 0 Å². The number of hydrogen-bond donors (Lipinski definition) is 1. The average Bonchev–Trinajstić information content (AvgIpc) is 3.28. The summed E-state index contributed by atoms with van der Waals surface area (Å²) >= 11 is 1.27. The lowest BCUT2D eigenvalue weighted by Gasteiger charge is -2.50. The lowest BCUT2D eigenvalue weighted by atomic mass is 9.75. The Morgan fingerprint density at radius 2 is 2.21 bits per heavy atom. The number of likely N-dealkylation sites (N-methyl/N-ethyl adjacent to an activating group) is 1. The number of fused-ring (bicyclic) bond motifs is 3. The molecule has 0 spiro atoms. The second kappa shape index (κ2) is 9.22. The minimum atomic E-state index is -3.37. The average molecular weight is 435 g/mol. The number of piperidine rings is 3. The molecule has 8 heteroatoms. The van der Waals surface area contributed by atoms with E-state index < -0.39 is 10.0 Å². The van der Waals surface area contributed by atoms with Gasteiger partial charge in [0.05, 0.1) is 0 Å². The second-order valence-corrected chi connectivity index (χ2v) is 11.3. The zero-order valence-corrected chi connectivity index (χ0v) is 18.5. The third kappa shape index (κ3) is 5.24. The number of thiophene rings is 1. The highest BCUT2D eigenvalue weighted by atomic mass is 32.2. The molecule has 2 bridgehead atoms. The highest BCUT2D eigenvalue weighted by Gasteiger charge is 2.40. The van der Waals surface area contributed by atoms with Crippen LogP contribution in [0.4, 0.5) is 0 Å². The quantitative estimate of drug-likeness (QED) is 0.656. The maximum Gasteiger partial charge on any atom is 0.250 e. The van der Waals surface area contributed by atoms with Crippen molar-refractivity contribution < 1.29 is 8.42 Å². The SMILES string of the molecule is CN(CCc1ccccn1)C[C@@H]1CN2CC[C@H]1C[C@@H]2CNS(=O)(=O)c1cccs1. The Hall–Kier alpha value is -1.32. The van der Waals surface area contributed by atoms with Gasteiger partial charge in [-0.1, -0.05) is 12.1 Å². The minimum absolute atomic E-state index is 0.318. The first-order valence-corrected chi connectivity index (χ1v) is 12.7. The van der Waals surface area contributed by atoms with Gasteiger partial charge < -0.3 is 4.90 Å². The molecule has 0 saturated carbocycles. The molecule has 29 heavy (non-hydrogen) atoms. The molecule has 6 nitrogen and oxygen atoms in total. The van der Waals surface area contributed by atoms with Crippen molar-refractivity contribution in [1.29, 1.82) is 0 Å². The van der Waals surface area contributed by atoms with E-state index in [0.717, 1.165) is 44.7 Å². The fourth-order valence-corrected chi connectivity index (χ4v) is 6.82. The van der Waals surface area contributed by atoms with Crippen LogP contribution in [-0.2, 0) is 16.4 Å². The molecule has 1 N–H and O–H groups in total. The zero-order valence-electron chi connectivity index (χ0n) is 16.9. The lowest BCUT2D eigenvalue weighted by Crippen LogP contribution is -2.58. The van der Waals surface area contributed by atoms with Gasteiger partial charge in [0.25, 0.3) is 0 Å². The van der Waals surface area contributed by atoms with E-state index >= 15 is 0 Å². The van der Waals surface area contributed by atoms with E-state index in [-0.39, 0.29) is 0 Å². The van der Waals surface area contributed by atoms with Crippen LogP contribution in [0.2, 0.25) is 0 Å². The van der Waals surface area contributed by atoms with Crippen molar-refractivity contribution in [2.75, 3.05) is 39.8 Å². The Morgan fingerprint density at radius 3 is 2.90 bits per heavy atom. The van der Waals surface area contributed by atoms with Crippen molar-refractivity contribution in [3.05, 3.63) is 47.6 Å². The van der Waals surface area contributed by atoms with E-state index in [1.54, 1.807) is 17.5 Å². The number of sulfonamides is 1. The van der Waals surface area contributed by atoms with Crippen LogP contribution in [0.1, 0.15) is 18.5 Å². The number of pyridine rings is 1. The molecule has 3 saturated heterocycles. The summed E-state index contributed by atoms with van der Waals surface area (Å²) < 4.78 is 28.1. The predicted octanol–water partition coefficient (Wildman–Crippen LogP) is 2.31. The Labute approximate surface area is 178 Å². The molecule has 2 aromatic rings. The molecule has 0 aliphatic carbocycles. The van der Waals surface area contributed by atoms with Gasteiger partial charge in [0.2, 0.25) is 10.0 Å². The highest BCUT2D eigenvalue weighted by molar-refractivity contribution is 7.91. The van der Waals surface area contributed by atoms with E-state index in [2.05, 4.69) is 32.6 Å². The van der Waals surface area contributed by atoms with Crippen molar-refractivity contribution in [1.82, 2.24) is 19.5 Å². The third-order valence-corrected chi connectivity index (χ3v) is 9.13. The maximum absolute atomic E-state index is 12.4. The summed E-state index contributed by atoms with van der Waals surface area (Å²) in [5, 5.41) is 1.80. The molecule has 2 aromatic heterocycles. The molecule has 4 atom stereocenters. The predicted molar refractivity (Wildman–Crippen MR) is 117 cm³/mol. The van der Waals surface area contributed by atoms with Crippen LogP contribution in [0.3, 0.4) is 0 Å². The molecule has 3 fully saturated rings. The summed E-state index contributed by atoms with van der Waals surface area (Å²) in [7, 11) is -1.17. The fraction of sp³-hybridized carbons (Fsp3) is 0.571. The van der Waals surface area contributed by atoms with Crippen LogP contribution >= 0.6 is 11.3 Å². The first-order chi connectivity index (χ1) is 14.0. The van der Waals surface area contributed by atoms with Gasteiger partial charge in [-0.25, -0.2) is 13.1 Å². The number of aromatic nitrogens is 1. The van der Waals surface area contributed by atoms with Gasteiger partial charge in [-0.2, -0.15) is 0 Å². The van der Waals surface area contributed by atoms with E-state index in [1.165, 1.54) is 17.8 Å². The highest BCUT2D eigenvalue weighted by Crippen LogP contribution is 2.36. The molecule has 3 aliphatic rings. The van der Waals surface area contributed by atoms with Crippen LogP contribution in [0.15, 0.2) is 46.1 Å². The molecule has 1 unspecified atom stereocenters. The largest absolute Gasteiger partial charge is 0.306 e. The first kappa shape index (κ1) is 20.9. The van der Waals surface area contributed by atoms with Gasteiger partial charge in [-0.05, 0) is 61.8 Å². The van der Waals surface area contributed by atoms with E-state index in [0.29, 0.717) is 28.6 Å². The Kier molecular flexibility index (Phi) is 6.66. The second-order valence-electron chi connectivity index (χ2n) is 8.31. The van der Waals surface area contributed by atoms with Crippen molar-refractivity contribution in [3.63, 3.8) is 0 Å². The van der Waals surface area contributed by atoms with Crippen LogP contribution in [0.25, 0.3) is 0 Å². The standard InChI is InChI=1S/C21H30N4O2S2/c1-24(10-8-19-5-2-3-9-22-19)15-18-16-25-11-7-17(18)13-20(25)14-23-29(26,27)21-6-4-12-28-21/h2-6,9,12,17-18,20,23H,7-8,10-11,13-16H2,1H3/t17-,18+,20+/m0/s1. The Morgan fingerprint density at radius 1 is 1.31 bits per heavy atom. The van der Waals surface area contributed by atoms with Crippen molar-refractivity contribution in [2.45, 2.75) is 29.5 Å². The molecule has 0 amide bonds. The molecule has 3 aliphatic heterocycles. The van der Waals surface area contributed by atoms with Gasteiger partial charge >= 0.3 is 0 Å². The van der Waals surface area contributed by atoms with Gasteiger partial charge in [0, 0.05) is 50.5 Å². The van der Waals surface area contributed by atoms with Crippen molar-refractivity contribution >= 4 is 21.4 Å². The minimum Gasteiger partial charge on any atom is -0.306 e. The number of nitrogens with one attached hydrogen (secondary N) is 1. The van der Waals surface area contributed by atoms with E-state index in [9.17, 15) is 8.42 Å². The van der Waals surface area contributed by atoms with Crippen LogP contribution in [0.5, 0.6) is 0 Å². The molecular weight excluding hydrogens is 404 g/mol.